The number of nitrogens with one attached hydrogen (secondary N) is 1. The average molecular weight is 356 g/mol. The summed E-state index contributed by atoms with van der Waals surface area (Å²) in [7, 11) is 0. The second-order valence-corrected chi connectivity index (χ2v) is 6.00. The highest BCUT2D eigenvalue weighted by atomic mass is 35.5. The van der Waals surface area contributed by atoms with Gasteiger partial charge in [-0.3, -0.25) is 4.79 Å². The van der Waals surface area contributed by atoms with Crippen molar-refractivity contribution in [3.05, 3.63) is 77.8 Å². The molecule has 0 aliphatic rings. The molecule has 1 amide bonds. The van der Waals surface area contributed by atoms with Crippen molar-refractivity contribution >= 4 is 17.5 Å². The Morgan fingerprint density at radius 2 is 1.92 bits per heavy atom. The van der Waals surface area contributed by atoms with E-state index >= 15 is 0 Å². The van der Waals surface area contributed by atoms with Gasteiger partial charge in [0.25, 0.3) is 5.91 Å². The van der Waals surface area contributed by atoms with E-state index in [9.17, 15) is 4.79 Å². The fraction of sp³-hybridized carbons (Fsp3) is 0.158. The molecule has 3 rings (SSSR count). The van der Waals surface area contributed by atoms with Gasteiger partial charge in [-0.2, -0.15) is 0 Å². The molecule has 6 heteroatoms. The number of hydrogen-bond acceptors (Lipinski definition) is 3. The molecular weight excluding hydrogens is 338 g/mol. The number of imidazole rings is 1. The van der Waals surface area contributed by atoms with Crippen molar-refractivity contribution in [1.82, 2.24) is 14.9 Å². The van der Waals surface area contributed by atoms with Gasteiger partial charge >= 0.3 is 0 Å². The van der Waals surface area contributed by atoms with E-state index in [1.165, 1.54) is 0 Å². The molecule has 1 heterocycles. The lowest BCUT2D eigenvalue weighted by Gasteiger charge is -2.15. The standard InChI is InChI=1S/C19H18ClN3O2/c1-14(25-18-8-4-16(20)5-9-18)19(24)22-12-15-2-6-17(7-3-15)23-11-10-21-13-23/h2-11,13-14H,12H2,1H3,(H,22,24)/t14-/m0/s1. The van der Waals surface area contributed by atoms with Gasteiger partial charge in [-0.1, -0.05) is 23.7 Å². The summed E-state index contributed by atoms with van der Waals surface area (Å²) >= 11 is 5.83. The van der Waals surface area contributed by atoms with E-state index in [1.807, 2.05) is 35.0 Å². The van der Waals surface area contributed by atoms with Crippen LogP contribution in [0.5, 0.6) is 5.75 Å². The zero-order valence-electron chi connectivity index (χ0n) is 13.7. The summed E-state index contributed by atoms with van der Waals surface area (Å²) in [6.45, 7) is 2.16. The number of carbonyl (C=O) groups excluding carboxylic acids is 1. The summed E-state index contributed by atoms with van der Waals surface area (Å²) in [5.74, 6) is 0.436. The highest BCUT2D eigenvalue weighted by Gasteiger charge is 2.14. The molecule has 0 unspecified atom stereocenters. The third-order valence-electron chi connectivity index (χ3n) is 3.70. The molecule has 1 aromatic heterocycles. The fourth-order valence-electron chi connectivity index (χ4n) is 2.30. The maximum absolute atomic E-state index is 12.2. The molecule has 0 aliphatic heterocycles. The SMILES string of the molecule is C[C@H](Oc1ccc(Cl)cc1)C(=O)NCc1ccc(-n2ccnc2)cc1. The second kappa shape index (κ2) is 7.85. The largest absolute Gasteiger partial charge is 0.481 e. The van der Waals surface area contributed by atoms with Crippen LogP contribution in [0.1, 0.15) is 12.5 Å². The van der Waals surface area contributed by atoms with Crippen LogP contribution in [0.2, 0.25) is 5.02 Å². The molecule has 0 spiro atoms. The predicted octanol–water partition coefficient (Wildman–Crippen LogP) is 3.61. The number of ether oxygens (including phenoxy) is 1. The Balaban J connectivity index is 1.52. The Labute approximate surface area is 151 Å². The predicted molar refractivity (Wildman–Crippen MR) is 97.0 cm³/mol. The summed E-state index contributed by atoms with van der Waals surface area (Å²) in [4.78, 5) is 16.2. The van der Waals surface area contributed by atoms with Gasteiger partial charge in [0.2, 0.25) is 0 Å². The molecule has 1 atom stereocenters. The minimum atomic E-state index is -0.591. The van der Waals surface area contributed by atoms with E-state index < -0.39 is 6.10 Å². The third kappa shape index (κ3) is 4.61. The molecular formula is C19H18ClN3O2. The third-order valence-corrected chi connectivity index (χ3v) is 3.95. The van der Waals surface area contributed by atoms with Crippen LogP contribution in [0, 0.1) is 0 Å². The van der Waals surface area contributed by atoms with Gasteiger partial charge < -0.3 is 14.6 Å². The van der Waals surface area contributed by atoms with Crippen molar-refractivity contribution in [2.75, 3.05) is 0 Å². The van der Waals surface area contributed by atoms with E-state index in [0.717, 1.165) is 11.3 Å². The van der Waals surface area contributed by atoms with Crippen LogP contribution in [0.3, 0.4) is 0 Å². The molecule has 0 aliphatic carbocycles. The minimum absolute atomic E-state index is 0.173. The highest BCUT2D eigenvalue weighted by molar-refractivity contribution is 6.30. The summed E-state index contributed by atoms with van der Waals surface area (Å²) < 4.78 is 7.53. The monoisotopic (exact) mass is 355 g/mol. The first-order valence-electron chi connectivity index (χ1n) is 7.89. The molecule has 0 fully saturated rings. The number of carbonyl (C=O) groups is 1. The first kappa shape index (κ1) is 17.0. The van der Waals surface area contributed by atoms with Gasteiger partial charge in [-0.25, -0.2) is 4.98 Å². The first-order valence-corrected chi connectivity index (χ1v) is 8.27. The van der Waals surface area contributed by atoms with Crippen molar-refractivity contribution in [2.45, 2.75) is 19.6 Å². The fourth-order valence-corrected chi connectivity index (χ4v) is 2.43. The minimum Gasteiger partial charge on any atom is -0.481 e. The lowest BCUT2D eigenvalue weighted by molar-refractivity contribution is -0.127. The maximum Gasteiger partial charge on any atom is 0.261 e. The molecule has 5 nitrogen and oxygen atoms in total. The molecule has 0 bridgehead atoms. The van der Waals surface area contributed by atoms with Crippen molar-refractivity contribution in [3.63, 3.8) is 0 Å². The zero-order valence-corrected chi connectivity index (χ0v) is 14.5. The molecule has 0 saturated carbocycles. The van der Waals surface area contributed by atoms with Crippen molar-refractivity contribution in [1.29, 1.82) is 0 Å². The molecule has 1 N–H and O–H groups in total. The summed E-state index contributed by atoms with van der Waals surface area (Å²) in [5.41, 5.74) is 2.03. The lowest BCUT2D eigenvalue weighted by atomic mass is 10.2. The van der Waals surface area contributed by atoms with Crippen molar-refractivity contribution < 1.29 is 9.53 Å². The lowest BCUT2D eigenvalue weighted by Crippen LogP contribution is -2.35. The Kier molecular flexibility index (Phi) is 5.36. The quantitative estimate of drug-likeness (QED) is 0.735. The average Bonchev–Trinajstić information content (AvgIpc) is 3.16. The second-order valence-electron chi connectivity index (χ2n) is 5.57. The van der Waals surface area contributed by atoms with Crippen molar-refractivity contribution in [2.24, 2.45) is 0 Å². The molecule has 3 aromatic rings. The van der Waals surface area contributed by atoms with Gasteiger partial charge in [-0.05, 0) is 48.9 Å². The molecule has 128 valence electrons. The van der Waals surface area contributed by atoms with Crippen LogP contribution < -0.4 is 10.1 Å². The Morgan fingerprint density at radius 1 is 1.20 bits per heavy atom. The van der Waals surface area contributed by atoms with Gasteiger partial charge in [0.05, 0.1) is 6.33 Å². The van der Waals surface area contributed by atoms with Gasteiger partial charge in [-0.15, -0.1) is 0 Å². The first-order chi connectivity index (χ1) is 12.1. The summed E-state index contributed by atoms with van der Waals surface area (Å²) in [6.07, 6.45) is 4.77. The maximum atomic E-state index is 12.2. The van der Waals surface area contributed by atoms with Crippen LogP contribution in [-0.2, 0) is 11.3 Å². The van der Waals surface area contributed by atoms with E-state index in [2.05, 4.69) is 10.3 Å². The molecule has 25 heavy (non-hydrogen) atoms. The number of halogens is 1. The Hall–Kier alpha value is -2.79. The van der Waals surface area contributed by atoms with Crippen LogP contribution in [0.15, 0.2) is 67.3 Å². The Morgan fingerprint density at radius 3 is 2.56 bits per heavy atom. The molecule has 0 saturated heterocycles. The van der Waals surface area contributed by atoms with Gasteiger partial charge in [0.15, 0.2) is 6.10 Å². The number of amides is 1. The normalized spacial score (nSPS) is 11.8. The molecule has 2 aromatic carbocycles. The van der Waals surface area contributed by atoms with Gasteiger partial charge in [0.1, 0.15) is 5.75 Å². The highest BCUT2D eigenvalue weighted by Crippen LogP contribution is 2.17. The topological polar surface area (TPSA) is 56.1 Å². The Bertz CT molecular complexity index is 815. The van der Waals surface area contributed by atoms with E-state index in [1.54, 1.807) is 43.7 Å². The summed E-state index contributed by atoms with van der Waals surface area (Å²) in [5, 5.41) is 3.50. The van der Waals surface area contributed by atoms with Gasteiger partial charge in [0, 0.05) is 29.6 Å². The van der Waals surface area contributed by atoms with E-state index in [4.69, 9.17) is 16.3 Å². The zero-order chi connectivity index (χ0) is 17.6. The number of aromatic nitrogens is 2. The van der Waals surface area contributed by atoms with E-state index in [-0.39, 0.29) is 5.91 Å². The number of hydrogen-bond donors (Lipinski definition) is 1. The van der Waals surface area contributed by atoms with E-state index in [0.29, 0.717) is 17.3 Å². The van der Waals surface area contributed by atoms with Crippen LogP contribution in [0.4, 0.5) is 0 Å². The number of benzene rings is 2. The number of rotatable bonds is 6. The smallest absolute Gasteiger partial charge is 0.261 e. The van der Waals surface area contributed by atoms with Crippen LogP contribution in [-0.4, -0.2) is 21.6 Å². The van der Waals surface area contributed by atoms with Crippen LogP contribution in [0.25, 0.3) is 5.69 Å². The van der Waals surface area contributed by atoms with Crippen LogP contribution >= 0.6 is 11.6 Å². The summed E-state index contributed by atoms with van der Waals surface area (Å²) in [6, 6.07) is 14.8. The molecule has 0 radical (unpaired) electrons. The van der Waals surface area contributed by atoms with Crippen molar-refractivity contribution in [3.8, 4) is 11.4 Å². The number of nitrogens with zero attached hydrogens (tertiary/aromatic N) is 2.